The first-order valence-corrected chi connectivity index (χ1v) is 44.4. The maximum absolute atomic E-state index is 5.12. The average Bonchev–Trinajstić information content (AvgIpc) is 1.55. The molecule has 0 saturated carbocycles. The Hall–Kier alpha value is -17.1. The van der Waals surface area contributed by atoms with Crippen molar-refractivity contribution in [1.82, 2.24) is 44.4 Å². The Kier molecular flexibility index (Phi) is 20.0. The molecule has 2 aliphatic carbocycles. The van der Waals surface area contributed by atoms with Crippen molar-refractivity contribution >= 4 is 21.8 Å². The molecule has 0 atom stereocenters. The van der Waals surface area contributed by atoms with Gasteiger partial charge in [0.1, 0.15) is 0 Å². The van der Waals surface area contributed by atoms with Gasteiger partial charge in [-0.3, -0.25) is 19.9 Å². The van der Waals surface area contributed by atoms with E-state index in [4.69, 9.17) is 19.9 Å². The number of pyridine rings is 8. The summed E-state index contributed by atoms with van der Waals surface area (Å²) in [5.41, 5.74) is 42.6. The number of rotatable bonds is 16. The van der Waals surface area contributed by atoms with Crippen LogP contribution in [-0.4, -0.2) is 44.4 Å². The van der Waals surface area contributed by atoms with Gasteiger partial charge in [0.15, 0.2) is 0 Å². The van der Waals surface area contributed by atoms with Crippen LogP contribution in [0.3, 0.4) is 0 Å². The van der Waals surface area contributed by atoms with Crippen LogP contribution >= 0.6 is 0 Å². The van der Waals surface area contributed by atoms with Crippen molar-refractivity contribution in [2.45, 2.75) is 24.7 Å². The Morgan fingerprint density at radius 3 is 0.908 bits per heavy atom. The minimum absolute atomic E-state index is 0.138. The quantitative estimate of drug-likeness (QED) is 0.0941. The molecule has 616 valence electrons. The van der Waals surface area contributed by atoms with Crippen LogP contribution in [0.1, 0.15) is 47.2 Å². The van der Waals surface area contributed by atoms with Crippen molar-refractivity contribution in [3.63, 3.8) is 0 Å². The molecular weight excluding hydrogens is 1590 g/mol. The van der Waals surface area contributed by atoms with Gasteiger partial charge in [0.05, 0.1) is 62.0 Å². The van der Waals surface area contributed by atoms with Crippen LogP contribution < -0.4 is 0 Å². The van der Waals surface area contributed by atoms with Gasteiger partial charge in [-0.1, -0.05) is 250 Å². The molecule has 9 heterocycles. The monoisotopic (exact) mass is 1670 g/mol. The van der Waals surface area contributed by atoms with Gasteiger partial charge in [-0.15, -0.1) is 0 Å². The van der Waals surface area contributed by atoms with Crippen molar-refractivity contribution in [3.05, 3.63) is 502 Å². The van der Waals surface area contributed by atoms with Gasteiger partial charge in [0, 0.05) is 116 Å². The van der Waals surface area contributed by atoms with Crippen LogP contribution in [-0.2, 0) is 10.8 Å². The minimum Gasteiger partial charge on any atom is -0.309 e. The molecule has 0 radical (unpaired) electrons. The fraction of sp³-hybridized carbons (Fsp3) is 0.0328. The number of benzene rings is 13. The van der Waals surface area contributed by atoms with E-state index in [0.717, 1.165) is 151 Å². The van der Waals surface area contributed by atoms with Gasteiger partial charge in [-0.2, -0.15) is 0 Å². The second kappa shape index (κ2) is 33.3. The highest BCUT2D eigenvalue weighted by Gasteiger charge is 2.46. The van der Waals surface area contributed by atoms with E-state index in [2.05, 4.69) is 408 Å². The lowest BCUT2D eigenvalue weighted by Gasteiger charge is -2.34. The summed E-state index contributed by atoms with van der Waals surface area (Å²) in [5, 5.41) is 2.48. The average molecular weight is 1680 g/mol. The van der Waals surface area contributed by atoms with E-state index in [1.165, 1.54) is 77.4 Å². The lowest BCUT2D eigenvalue weighted by Crippen LogP contribution is -2.28. The standard InChI is InChI=1S/C63H42N4.C59H41N5/c1-3-17-53(18-4-1)63(54-19-5-2-6-20-54)57-22-8-7-21-55(57)56-28-27-47(42-58(56)63)52-40-50(45-13-9-15-48(37-45)61-25-11-23-59(66-61)43-29-33-64-34-30-43)39-51(41-52)46-14-10-16-49(38-46)62-26-12-24-60(67-62)44-31-35-65-36-32-44;1-59(2)51-17-5-3-15-47(51)49-36-50-48-16-4-6-22-57(48)64(58(50)37-52(49)59)46-34-44(40-11-7-13-42(31-40)55-20-9-18-53(62-55)38-23-27-60-28-24-38)33-45(35-46)41-12-8-14-43(32-41)56-21-10-19-54(63-56)39-25-29-61-30-26-39/h1-42H;3-37H,1-2H3. The lowest BCUT2D eigenvalue weighted by molar-refractivity contribution is 0.661. The molecule has 0 aliphatic heterocycles. The molecule has 24 rings (SSSR count). The Morgan fingerprint density at radius 2 is 0.496 bits per heavy atom. The second-order valence-electron chi connectivity index (χ2n) is 34.2. The molecule has 9 aromatic heterocycles. The summed E-state index contributed by atoms with van der Waals surface area (Å²) in [6.45, 7) is 4.72. The number of hydrogen-bond donors (Lipinski definition) is 0. The van der Waals surface area contributed by atoms with Gasteiger partial charge < -0.3 is 4.57 Å². The predicted octanol–water partition coefficient (Wildman–Crippen LogP) is 30.0. The summed E-state index contributed by atoms with van der Waals surface area (Å²) in [6, 6.07) is 151. The van der Waals surface area contributed by atoms with Gasteiger partial charge in [-0.25, -0.2) is 19.9 Å². The van der Waals surface area contributed by atoms with Crippen LogP contribution in [0.25, 0.3) is 195 Å². The number of hydrogen-bond acceptors (Lipinski definition) is 8. The molecule has 0 spiro atoms. The van der Waals surface area contributed by atoms with E-state index < -0.39 is 5.41 Å². The minimum atomic E-state index is -0.511. The predicted molar refractivity (Wildman–Crippen MR) is 535 cm³/mol. The van der Waals surface area contributed by atoms with Crippen molar-refractivity contribution in [3.8, 4) is 174 Å². The normalized spacial score (nSPS) is 12.5. The third kappa shape index (κ3) is 14.5. The summed E-state index contributed by atoms with van der Waals surface area (Å²) in [7, 11) is 0. The molecule has 0 fully saturated rings. The SMILES string of the molecule is CC1(C)c2ccccc2-c2cc3c4ccccc4n(-c4cc(-c5cccc(-c6cccc(-c7ccncc7)n6)c5)cc(-c5cccc(-c6cccc(-c7ccncc7)n6)c5)c4)c3cc21.c1ccc(C2(c3ccccc3)c3ccccc3-c3ccc(-c4cc(-c5cccc(-c6cccc(-c7ccncc7)n6)c5)cc(-c5cccc(-c6cccc(-c7ccncc7)n6)c5)c4)cc32)cc1. The highest BCUT2D eigenvalue weighted by Crippen LogP contribution is 2.58. The number of nitrogens with zero attached hydrogens (tertiary/aromatic N) is 9. The highest BCUT2D eigenvalue weighted by molar-refractivity contribution is 6.12. The molecule has 9 heteroatoms. The van der Waals surface area contributed by atoms with Crippen LogP contribution in [0.15, 0.2) is 468 Å². The zero-order chi connectivity index (χ0) is 87.4. The first-order chi connectivity index (χ1) is 64.6. The number of para-hydroxylation sites is 1. The maximum atomic E-state index is 5.12. The summed E-state index contributed by atoms with van der Waals surface area (Å²) in [5.74, 6) is 0. The van der Waals surface area contributed by atoms with Gasteiger partial charge in [-0.05, 0) is 293 Å². The molecule has 0 saturated heterocycles. The van der Waals surface area contributed by atoms with Gasteiger partial charge in [0.25, 0.3) is 0 Å². The first-order valence-electron chi connectivity index (χ1n) is 44.4. The second-order valence-corrected chi connectivity index (χ2v) is 34.2. The molecule has 0 unspecified atom stereocenters. The molecule has 0 bridgehead atoms. The lowest BCUT2D eigenvalue weighted by atomic mass is 9.67. The first kappa shape index (κ1) is 78.6. The zero-order valence-electron chi connectivity index (χ0n) is 72.0. The summed E-state index contributed by atoms with van der Waals surface area (Å²) in [4.78, 5) is 37.3. The summed E-state index contributed by atoms with van der Waals surface area (Å²) in [6.07, 6.45) is 14.5. The Bertz CT molecular complexity index is 7790. The van der Waals surface area contributed by atoms with Crippen LogP contribution in [0.2, 0.25) is 0 Å². The third-order valence-corrected chi connectivity index (χ3v) is 26.1. The molecule has 131 heavy (non-hydrogen) atoms. The van der Waals surface area contributed by atoms with E-state index >= 15 is 0 Å². The largest absolute Gasteiger partial charge is 0.309 e. The van der Waals surface area contributed by atoms with E-state index in [9.17, 15) is 0 Å². The van der Waals surface area contributed by atoms with Crippen molar-refractivity contribution in [2.24, 2.45) is 0 Å². The molecule has 0 amide bonds. The molecule has 0 N–H and O–H groups in total. The molecule has 22 aromatic rings. The molecule has 13 aromatic carbocycles. The summed E-state index contributed by atoms with van der Waals surface area (Å²) >= 11 is 0. The summed E-state index contributed by atoms with van der Waals surface area (Å²) < 4.78 is 2.48. The number of aromatic nitrogens is 9. The maximum Gasteiger partial charge on any atom is 0.0713 e. The number of fused-ring (bicyclic) bond motifs is 9. The molecule has 9 nitrogen and oxygen atoms in total. The van der Waals surface area contributed by atoms with Crippen molar-refractivity contribution in [1.29, 1.82) is 0 Å². The van der Waals surface area contributed by atoms with E-state index in [0.29, 0.717) is 0 Å². The van der Waals surface area contributed by atoms with E-state index in [1.54, 1.807) is 0 Å². The van der Waals surface area contributed by atoms with E-state index in [-0.39, 0.29) is 5.41 Å². The fourth-order valence-electron chi connectivity index (χ4n) is 19.8. The Morgan fingerprint density at radius 1 is 0.183 bits per heavy atom. The van der Waals surface area contributed by atoms with Crippen LogP contribution in [0.5, 0.6) is 0 Å². The molecule has 2 aliphatic rings. The van der Waals surface area contributed by atoms with E-state index in [1.807, 2.05) is 98.1 Å². The fourth-order valence-corrected chi connectivity index (χ4v) is 19.8. The van der Waals surface area contributed by atoms with Crippen molar-refractivity contribution < 1.29 is 0 Å². The smallest absolute Gasteiger partial charge is 0.0713 e. The van der Waals surface area contributed by atoms with Gasteiger partial charge in [0.2, 0.25) is 0 Å². The Balaban J connectivity index is 0.000000149. The van der Waals surface area contributed by atoms with Crippen LogP contribution in [0, 0.1) is 0 Å². The van der Waals surface area contributed by atoms with Crippen molar-refractivity contribution in [2.75, 3.05) is 0 Å². The van der Waals surface area contributed by atoms with Gasteiger partial charge >= 0.3 is 0 Å². The van der Waals surface area contributed by atoms with Crippen LogP contribution in [0.4, 0.5) is 0 Å². The highest BCUT2D eigenvalue weighted by atomic mass is 15.0. The molecular formula is C122H83N9. The third-order valence-electron chi connectivity index (χ3n) is 26.1. The Labute approximate surface area is 761 Å². The topological polar surface area (TPSA) is 108 Å². The zero-order valence-corrected chi connectivity index (χ0v) is 72.0.